The van der Waals surface area contributed by atoms with Crippen LogP contribution in [0.1, 0.15) is 67.3 Å². The highest BCUT2D eigenvalue weighted by Gasteiger charge is 2.28. The van der Waals surface area contributed by atoms with E-state index in [1.54, 1.807) is 0 Å². The molecule has 0 unspecified atom stereocenters. The lowest BCUT2D eigenvalue weighted by atomic mass is 9.90. The molecule has 4 nitrogen and oxygen atoms in total. The summed E-state index contributed by atoms with van der Waals surface area (Å²) in [5, 5.41) is 9.30. The van der Waals surface area contributed by atoms with Crippen LogP contribution in [0.2, 0.25) is 0 Å². The molecule has 4 rings (SSSR count). The molecular weight excluding hydrogens is 494 g/mol. The molecule has 40 heavy (non-hydrogen) atoms. The highest BCUT2D eigenvalue weighted by Crippen LogP contribution is 2.30. The van der Waals surface area contributed by atoms with Crippen molar-refractivity contribution in [3.8, 4) is 5.75 Å². The molecule has 4 aromatic carbocycles. The first-order valence-corrected chi connectivity index (χ1v) is 14.2. The van der Waals surface area contributed by atoms with E-state index in [4.69, 9.17) is 4.74 Å². The van der Waals surface area contributed by atoms with Gasteiger partial charge in [0.2, 0.25) is 0 Å². The average molecular weight is 536 g/mol. The van der Waals surface area contributed by atoms with Gasteiger partial charge in [0, 0.05) is 24.9 Å². The summed E-state index contributed by atoms with van der Waals surface area (Å²) in [6, 6.07) is 37.7. The molecule has 4 heteroatoms. The van der Waals surface area contributed by atoms with Gasteiger partial charge in [0.25, 0.3) is 0 Å². The second kappa shape index (κ2) is 14.0. The summed E-state index contributed by atoms with van der Waals surface area (Å²) in [5.41, 5.74) is 5.82. The van der Waals surface area contributed by atoms with Crippen molar-refractivity contribution in [2.75, 3.05) is 6.54 Å². The first-order valence-electron chi connectivity index (χ1n) is 14.2. The fourth-order valence-electron chi connectivity index (χ4n) is 5.18. The first-order chi connectivity index (χ1) is 19.3. The minimum atomic E-state index is -0.849. The summed E-state index contributed by atoms with van der Waals surface area (Å²) in [4.78, 5) is 13.8. The number of benzene rings is 4. The van der Waals surface area contributed by atoms with Gasteiger partial charge in [-0.25, -0.2) is 0 Å². The third-order valence-corrected chi connectivity index (χ3v) is 7.29. The van der Waals surface area contributed by atoms with Crippen LogP contribution >= 0.6 is 0 Å². The Morgan fingerprint density at radius 2 is 1.32 bits per heavy atom. The van der Waals surface area contributed by atoms with Gasteiger partial charge in [0.1, 0.15) is 5.75 Å². The number of hydrogen-bond donors (Lipinski definition) is 1. The maximum absolute atomic E-state index is 11.3. The summed E-state index contributed by atoms with van der Waals surface area (Å²) in [6.45, 7) is 10.3. The van der Waals surface area contributed by atoms with Crippen LogP contribution in [0.25, 0.3) is 0 Å². The lowest BCUT2D eigenvalue weighted by Crippen LogP contribution is -2.45. The molecule has 1 N–H and O–H groups in total. The van der Waals surface area contributed by atoms with Crippen LogP contribution in [-0.4, -0.2) is 28.7 Å². The average Bonchev–Trinajstić information content (AvgIpc) is 2.95. The van der Waals surface area contributed by atoms with E-state index in [1.807, 2.05) is 24.3 Å². The van der Waals surface area contributed by atoms with E-state index in [9.17, 15) is 9.90 Å². The van der Waals surface area contributed by atoms with Crippen molar-refractivity contribution in [2.24, 2.45) is 5.92 Å². The molecule has 0 aromatic heterocycles. The van der Waals surface area contributed by atoms with E-state index in [2.05, 4.69) is 118 Å². The zero-order chi connectivity index (χ0) is 28.5. The largest absolute Gasteiger partial charge is 0.481 e. The van der Waals surface area contributed by atoms with Crippen molar-refractivity contribution >= 4 is 5.97 Å². The maximum atomic E-state index is 11.3. The van der Waals surface area contributed by atoms with Crippen molar-refractivity contribution in [3.63, 3.8) is 0 Å². The second-order valence-corrected chi connectivity index (χ2v) is 11.2. The molecule has 0 saturated carbocycles. The molecule has 0 amide bonds. The van der Waals surface area contributed by atoms with E-state index in [0.29, 0.717) is 11.7 Å². The molecule has 0 spiro atoms. The summed E-state index contributed by atoms with van der Waals surface area (Å²) in [7, 11) is 0. The Morgan fingerprint density at radius 3 is 1.85 bits per heavy atom. The molecule has 0 bridgehead atoms. The molecule has 0 radical (unpaired) electrons. The number of ether oxygens (including phenoxy) is 1. The monoisotopic (exact) mass is 535 g/mol. The Bertz CT molecular complexity index is 1290. The molecule has 208 valence electrons. The topological polar surface area (TPSA) is 49.8 Å². The van der Waals surface area contributed by atoms with Crippen LogP contribution in [0.4, 0.5) is 0 Å². The van der Waals surface area contributed by atoms with Gasteiger partial charge in [0.15, 0.2) is 6.23 Å². The van der Waals surface area contributed by atoms with E-state index in [0.717, 1.165) is 18.7 Å². The standard InChI is InChI=1S/C36H41NO3/c1-26(2)30-20-18-28(19-21-30)24-37(25-34(31-13-7-5-8-14-31)32-15-9-6-10-16-32)36(27(3)4)40-33-17-11-12-29(22-33)23-35(38)39/h5-22,26-27,34,36H,23-25H2,1-4H3,(H,38,39)/t36-/m1/s1. The van der Waals surface area contributed by atoms with Gasteiger partial charge in [-0.2, -0.15) is 0 Å². The van der Waals surface area contributed by atoms with Crippen LogP contribution in [0.5, 0.6) is 5.75 Å². The molecule has 0 aliphatic rings. The summed E-state index contributed by atoms with van der Waals surface area (Å²) >= 11 is 0. The number of rotatable bonds is 13. The quantitative estimate of drug-likeness (QED) is 0.176. The Morgan fingerprint density at radius 1 is 0.725 bits per heavy atom. The third-order valence-electron chi connectivity index (χ3n) is 7.29. The minimum Gasteiger partial charge on any atom is -0.481 e. The van der Waals surface area contributed by atoms with Crippen molar-refractivity contribution in [3.05, 3.63) is 137 Å². The van der Waals surface area contributed by atoms with Gasteiger partial charge in [-0.3, -0.25) is 9.69 Å². The van der Waals surface area contributed by atoms with Gasteiger partial charge >= 0.3 is 5.97 Å². The van der Waals surface area contributed by atoms with Crippen molar-refractivity contribution in [2.45, 2.75) is 58.7 Å². The Labute approximate surface area is 239 Å². The zero-order valence-corrected chi connectivity index (χ0v) is 24.0. The number of carboxylic acids is 1. The van der Waals surface area contributed by atoms with Gasteiger partial charge in [-0.05, 0) is 45.9 Å². The fraction of sp³-hybridized carbons (Fsp3) is 0.306. The zero-order valence-electron chi connectivity index (χ0n) is 24.0. The van der Waals surface area contributed by atoms with Crippen LogP contribution in [0.15, 0.2) is 109 Å². The van der Waals surface area contributed by atoms with E-state index < -0.39 is 5.97 Å². The first kappa shape index (κ1) is 29.1. The summed E-state index contributed by atoms with van der Waals surface area (Å²) in [6.07, 6.45) is -0.251. The number of carboxylic acid groups (broad SMARTS) is 1. The molecule has 1 atom stereocenters. The highest BCUT2D eigenvalue weighted by molar-refractivity contribution is 5.70. The van der Waals surface area contributed by atoms with E-state index >= 15 is 0 Å². The lowest BCUT2D eigenvalue weighted by molar-refractivity contribution is -0.136. The van der Waals surface area contributed by atoms with Crippen molar-refractivity contribution in [1.29, 1.82) is 0 Å². The van der Waals surface area contributed by atoms with Gasteiger partial charge in [0.05, 0.1) is 6.42 Å². The van der Waals surface area contributed by atoms with Gasteiger partial charge in [-0.1, -0.05) is 125 Å². The number of nitrogens with zero attached hydrogens (tertiary/aromatic N) is 1. The predicted octanol–water partition coefficient (Wildman–Crippen LogP) is 8.13. The lowest BCUT2D eigenvalue weighted by Gasteiger charge is -2.37. The fourth-order valence-corrected chi connectivity index (χ4v) is 5.18. The van der Waals surface area contributed by atoms with E-state index in [-0.39, 0.29) is 24.5 Å². The van der Waals surface area contributed by atoms with Gasteiger partial charge in [-0.15, -0.1) is 0 Å². The Balaban J connectivity index is 1.71. The molecule has 0 heterocycles. The smallest absolute Gasteiger partial charge is 0.307 e. The Kier molecular flexibility index (Phi) is 10.2. The number of hydrogen-bond acceptors (Lipinski definition) is 3. The van der Waals surface area contributed by atoms with Crippen molar-refractivity contribution < 1.29 is 14.6 Å². The molecule has 0 fully saturated rings. The summed E-state index contributed by atoms with van der Waals surface area (Å²) in [5.74, 6) is 0.660. The molecular formula is C36H41NO3. The number of aliphatic carboxylic acids is 1. The molecule has 0 aliphatic heterocycles. The maximum Gasteiger partial charge on any atom is 0.307 e. The SMILES string of the molecule is CC(C)c1ccc(CN(CC(c2ccccc2)c2ccccc2)[C@H](Oc2cccc(CC(=O)O)c2)C(C)C)cc1. The third kappa shape index (κ3) is 8.06. The van der Waals surface area contributed by atoms with E-state index in [1.165, 1.54) is 22.3 Å². The van der Waals surface area contributed by atoms with Gasteiger partial charge < -0.3 is 9.84 Å². The van der Waals surface area contributed by atoms with Crippen LogP contribution < -0.4 is 4.74 Å². The molecule has 0 aliphatic carbocycles. The number of carbonyl (C=O) groups is 1. The van der Waals surface area contributed by atoms with Crippen LogP contribution in [0.3, 0.4) is 0 Å². The highest BCUT2D eigenvalue weighted by atomic mass is 16.5. The van der Waals surface area contributed by atoms with Crippen molar-refractivity contribution in [1.82, 2.24) is 4.90 Å². The minimum absolute atomic E-state index is 0.0282. The molecule has 0 saturated heterocycles. The predicted molar refractivity (Wildman–Crippen MR) is 163 cm³/mol. The Hall–Kier alpha value is -3.89. The summed E-state index contributed by atoms with van der Waals surface area (Å²) < 4.78 is 6.70. The second-order valence-electron chi connectivity index (χ2n) is 11.2. The molecule has 4 aromatic rings. The normalized spacial score (nSPS) is 12.3. The van der Waals surface area contributed by atoms with Crippen LogP contribution in [0, 0.1) is 5.92 Å². The van der Waals surface area contributed by atoms with Crippen LogP contribution in [-0.2, 0) is 17.8 Å².